The van der Waals surface area contributed by atoms with Gasteiger partial charge in [-0.1, -0.05) is 36.4 Å². The number of para-hydroxylation sites is 2. The lowest BCUT2D eigenvalue weighted by molar-refractivity contribution is -0.00311. The predicted molar refractivity (Wildman–Crippen MR) is 207 cm³/mol. The average Bonchev–Trinajstić information content (AvgIpc) is 3.12. The number of benzene rings is 3. The Morgan fingerprint density at radius 3 is 2.23 bits per heavy atom. The number of piperazine rings is 2. The molecule has 0 spiro atoms. The first-order valence-corrected chi connectivity index (χ1v) is 18.6. The van der Waals surface area contributed by atoms with Crippen molar-refractivity contribution < 1.29 is 19.1 Å². The minimum absolute atomic E-state index is 0.0344. The lowest BCUT2D eigenvalue weighted by Gasteiger charge is -2.42. The van der Waals surface area contributed by atoms with Crippen molar-refractivity contribution in [3.63, 3.8) is 0 Å². The standard InChI is InChI=1S/C42H56N6O4/c1-31-25-32(2)37(26-36(31)29-44-19-21-45(22-20-44)39-17-11-9-14-35(39)27-43)40(49)48-24-23-46(28-33(48)3)38-16-10-8-13-34(38)15-12-18-47(30-51-7)41(50)52-42(4,5)6/h8-11,13-14,16-17,25-26,33H,12,15,18-24,28-30H2,1-7H3/t33-/m1/s1. The van der Waals surface area contributed by atoms with Crippen LogP contribution in [0.2, 0.25) is 0 Å². The molecule has 0 unspecified atom stereocenters. The number of ether oxygens (including phenoxy) is 2. The van der Waals surface area contributed by atoms with Crippen LogP contribution in [0.1, 0.15) is 72.3 Å². The molecule has 0 N–H and O–H groups in total. The van der Waals surface area contributed by atoms with Crippen molar-refractivity contribution in [3.05, 3.63) is 94.0 Å². The third-order valence-corrected chi connectivity index (χ3v) is 10.1. The van der Waals surface area contributed by atoms with Crippen molar-refractivity contribution in [1.29, 1.82) is 5.26 Å². The zero-order valence-corrected chi connectivity index (χ0v) is 32.2. The molecule has 10 nitrogen and oxygen atoms in total. The van der Waals surface area contributed by atoms with E-state index < -0.39 is 5.60 Å². The molecule has 0 radical (unpaired) electrons. The summed E-state index contributed by atoms with van der Waals surface area (Å²) in [4.78, 5) is 37.7. The van der Waals surface area contributed by atoms with E-state index in [2.05, 4.69) is 71.0 Å². The van der Waals surface area contributed by atoms with Crippen LogP contribution in [0.3, 0.4) is 0 Å². The van der Waals surface area contributed by atoms with Gasteiger partial charge in [-0.15, -0.1) is 0 Å². The van der Waals surface area contributed by atoms with Crippen molar-refractivity contribution in [2.24, 2.45) is 0 Å². The van der Waals surface area contributed by atoms with Crippen LogP contribution in [0.15, 0.2) is 60.7 Å². The topological polar surface area (TPSA) is 92.6 Å². The molecule has 0 aromatic heterocycles. The van der Waals surface area contributed by atoms with Gasteiger partial charge in [0, 0.05) is 83.3 Å². The van der Waals surface area contributed by atoms with E-state index in [9.17, 15) is 14.9 Å². The summed E-state index contributed by atoms with van der Waals surface area (Å²) in [5.74, 6) is 0.0949. The molecule has 3 aromatic rings. The number of hydrogen-bond acceptors (Lipinski definition) is 8. The highest BCUT2D eigenvalue weighted by Gasteiger charge is 2.31. The zero-order chi connectivity index (χ0) is 37.4. The SMILES string of the molecule is COCN(CCCc1ccccc1N1CCN(C(=O)c2cc(CN3CCN(c4ccccc4C#N)CC3)c(C)cc2C)[C@H](C)C1)C(=O)OC(C)(C)C. The van der Waals surface area contributed by atoms with Gasteiger partial charge in [-0.05, 0) is 101 Å². The van der Waals surface area contributed by atoms with Gasteiger partial charge in [0.05, 0.1) is 11.3 Å². The minimum atomic E-state index is -0.569. The Hall–Kier alpha value is -4.59. The Balaban J connectivity index is 1.19. The number of hydrogen-bond donors (Lipinski definition) is 0. The van der Waals surface area contributed by atoms with Gasteiger partial charge in [0.15, 0.2) is 0 Å². The number of nitrogens with zero attached hydrogens (tertiary/aromatic N) is 6. The van der Waals surface area contributed by atoms with E-state index in [0.717, 1.165) is 81.0 Å². The van der Waals surface area contributed by atoms with Crippen molar-refractivity contribution in [1.82, 2.24) is 14.7 Å². The number of carbonyl (C=O) groups is 2. The molecule has 2 aliphatic rings. The van der Waals surface area contributed by atoms with Crippen LogP contribution in [-0.4, -0.2) is 105 Å². The van der Waals surface area contributed by atoms with Crippen molar-refractivity contribution >= 4 is 23.4 Å². The molecule has 2 aliphatic heterocycles. The average molecular weight is 709 g/mol. The van der Waals surface area contributed by atoms with Gasteiger partial charge in [0.25, 0.3) is 5.91 Å². The Kier molecular flexibility index (Phi) is 12.8. The number of aryl methyl sites for hydroxylation is 3. The lowest BCUT2D eigenvalue weighted by atomic mass is 9.97. The molecule has 0 saturated carbocycles. The molecule has 2 heterocycles. The van der Waals surface area contributed by atoms with E-state index in [1.807, 2.05) is 56.9 Å². The van der Waals surface area contributed by atoms with Gasteiger partial charge >= 0.3 is 6.09 Å². The second kappa shape index (κ2) is 17.3. The summed E-state index contributed by atoms with van der Waals surface area (Å²) in [7, 11) is 1.58. The fourth-order valence-electron chi connectivity index (χ4n) is 7.34. The summed E-state index contributed by atoms with van der Waals surface area (Å²) in [5.41, 5.74) is 7.76. The molecule has 5 rings (SSSR count). The highest BCUT2D eigenvalue weighted by Crippen LogP contribution is 2.28. The molecular formula is C42H56N6O4. The van der Waals surface area contributed by atoms with Crippen LogP contribution in [0.4, 0.5) is 16.2 Å². The van der Waals surface area contributed by atoms with E-state index in [4.69, 9.17) is 9.47 Å². The molecule has 1 atom stereocenters. The largest absolute Gasteiger partial charge is 0.444 e. The Bertz CT molecular complexity index is 1740. The van der Waals surface area contributed by atoms with E-state index in [1.165, 1.54) is 22.4 Å². The van der Waals surface area contributed by atoms with Gasteiger partial charge in [-0.25, -0.2) is 4.79 Å². The quantitative estimate of drug-likeness (QED) is 0.205. The monoisotopic (exact) mass is 708 g/mol. The normalized spacial score (nSPS) is 16.8. The van der Waals surface area contributed by atoms with E-state index in [0.29, 0.717) is 13.1 Å². The molecule has 0 bridgehead atoms. The molecular weight excluding hydrogens is 653 g/mol. The first kappa shape index (κ1) is 38.6. The maximum Gasteiger partial charge on any atom is 0.412 e. The molecule has 278 valence electrons. The van der Waals surface area contributed by atoms with Crippen molar-refractivity contribution in [3.8, 4) is 6.07 Å². The van der Waals surface area contributed by atoms with E-state index in [1.54, 1.807) is 12.0 Å². The van der Waals surface area contributed by atoms with E-state index >= 15 is 0 Å². The molecule has 3 aromatic carbocycles. The third-order valence-electron chi connectivity index (χ3n) is 10.1. The summed E-state index contributed by atoms with van der Waals surface area (Å²) in [5, 5.41) is 9.57. The van der Waals surface area contributed by atoms with Gasteiger partial charge in [-0.3, -0.25) is 14.6 Å². The van der Waals surface area contributed by atoms with Gasteiger partial charge in [-0.2, -0.15) is 5.26 Å². The maximum atomic E-state index is 14.2. The molecule has 2 saturated heterocycles. The van der Waals surface area contributed by atoms with Gasteiger partial charge in [0.1, 0.15) is 18.4 Å². The Morgan fingerprint density at radius 1 is 0.885 bits per heavy atom. The Labute approximate surface area is 310 Å². The van der Waals surface area contributed by atoms with Crippen LogP contribution in [0, 0.1) is 25.2 Å². The first-order chi connectivity index (χ1) is 24.9. The molecule has 52 heavy (non-hydrogen) atoms. The van der Waals surface area contributed by atoms with E-state index in [-0.39, 0.29) is 24.8 Å². The summed E-state index contributed by atoms with van der Waals surface area (Å²) in [6.07, 6.45) is 1.21. The van der Waals surface area contributed by atoms with Crippen molar-refractivity contribution in [2.45, 2.75) is 72.6 Å². The third kappa shape index (κ3) is 9.64. The Morgan fingerprint density at radius 2 is 1.56 bits per heavy atom. The number of methoxy groups -OCH3 is 1. The van der Waals surface area contributed by atoms with Crippen molar-refractivity contribution in [2.75, 3.05) is 76.0 Å². The summed E-state index contributed by atoms with van der Waals surface area (Å²) >= 11 is 0. The maximum absolute atomic E-state index is 14.2. The number of nitriles is 1. The highest BCUT2D eigenvalue weighted by molar-refractivity contribution is 5.96. The number of carbonyl (C=O) groups excluding carboxylic acids is 2. The van der Waals surface area contributed by atoms with Crippen LogP contribution in [0.25, 0.3) is 0 Å². The van der Waals surface area contributed by atoms with Gasteiger partial charge in [0.2, 0.25) is 0 Å². The predicted octanol–water partition coefficient (Wildman–Crippen LogP) is 6.62. The second-order valence-electron chi connectivity index (χ2n) is 15.2. The lowest BCUT2D eigenvalue weighted by Crippen LogP contribution is -2.54. The van der Waals surface area contributed by atoms with Crippen LogP contribution >= 0.6 is 0 Å². The van der Waals surface area contributed by atoms with Gasteiger partial charge < -0.3 is 24.2 Å². The van der Waals surface area contributed by atoms with Crippen LogP contribution < -0.4 is 9.80 Å². The summed E-state index contributed by atoms with van der Waals surface area (Å²) < 4.78 is 10.9. The number of amides is 2. The number of anilines is 2. The smallest absolute Gasteiger partial charge is 0.412 e. The zero-order valence-electron chi connectivity index (χ0n) is 32.2. The minimum Gasteiger partial charge on any atom is -0.444 e. The van der Waals surface area contributed by atoms with Crippen LogP contribution in [-0.2, 0) is 22.4 Å². The fraction of sp³-hybridized carbons (Fsp3) is 0.500. The summed E-state index contributed by atoms with van der Waals surface area (Å²) in [6, 6.07) is 22.9. The second-order valence-corrected chi connectivity index (χ2v) is 15.2. The molecule has 0 aliphatic carbocycles. The molecule has 2 fully saturated rings. The molecule has 2 amide bonds. The first-order valence-electron chi connectivity index (χ1n) is 18.6. The fourth-order valence-corrected chi connectivity index (χ4v) is 7.34. The summed E-state index contributed by atoms with van der Waals surface area (Å²) in [6.45, 7) is 19.1. The van der Waals surface area contributed by atoms with Crippen LogP contribution in [0.5, 0.6) is 0 Å². The highest BCUT2D eigenvalue weighted by atomic mass is 16.6. The number of rotatable bonds is 11. The molecule has 10 heteroatoms.